The first-order valence-corrected chi connectivity index (χ1v) is 4.20. The molecule has 0 aliphatic carbocycles. The first-order valence-electron chi connectivity index (χ1n) is 3.82. The van der Waals surface area contributed by atoms with Gasteiger partial charge in [0.05, 0.1) is 17.7 Å². The number of halogens is 4. The summed E-state index contributed by atoms with van der Waals surface area (Å²) in [4.78, 5) is 14.4. The van der Waals surface area contributed by atoms with Crippen LogP contribution in [0.2, 0.25) is 5.15 Å². The highest BCUT2D eigenvalue weighted by Crippen LogP contribution is 2.30. The quantitative estimate of drug-likeness (QED) is 0.632. The molecule has 3 nitrogen and oxygen atoms in total. The number of nitrogens with zero attached hydrogens (tertiary/aromatic N) is 1. The standard InChI is InChI=1S/C8H6ClF3N2O/c9-7-5(6(15)2-13)1-4(3-14-7)8(10,11)12/h1,3H,2,13H2. The van der Waals surface area contributed by atoms with E-state index >= 15 is 0 Å². The number of Topliss-reactive ketones (excluding diaryl/α,β-unsaturated/α-hetero) is 1. The van der Waals surface area contributed by atoms with Gasteiger partial charge in [-0.1, -0.05) is 11.6 Å². The summed E-state index contributed by atoms with van der Waals surface area (Å²) in [5.41, 5.74) is 3.68. The molecule has 0 atom stereocenters. The van der Waals surface area contributed by atoms with E-state index < -0.39 is 24.1 Å². The maximum absolute atomic E-state index is 12.2. The predicted molar refractivity (Wildman–Crippen MR) is 47.6 cm³/mol. The maximum atomic E-state index is 12.2. The highest BCUT2D eigenvalue weighted by molar-refractivity contribution is 6.32. The zero-order valence-electron chi connectivity index (χ0n) is 7.31. The van der Waals surface area contributed by atoms with Crippen LogP contribution in [-0.4, -0.2) is 17.3 Å². The number of alkyl halides is 3. The summed E-state index contributed by atoms with van der Waals surface area (Å²) in [6.07, 6.45) is -3.99. The lowest BCUT2D eigenvalue weighted by molar-refractivity contribution is -0.137. The third kappa shape index (κ3) is 2.66. The molecule has 0 saturated carbocycles. The molecule has 7 heteroatoms. The van der Waals surface area contributed by atoms with Gasteiger partial charge in [-0.05, 0) is 6.07 Å². The third-order valence-electron chi connectivity index (χ3n) is 1.65. The summed E-state index contributed by atoms with van der Waals surface area (Å²) in [6.45, 7) is -0.414. The molecular formula is C8H6ClF3N2O. The summed E-state index contributed by atoms with van der Waals surface area (Å²) < 4.78 is 36.7. The lowest BCUT2D eigenvalue weighted by Gasteiger charge is -2.08. The van der Waals surface area contributed by atoms with Crippen molar-refractivity contribution in [2.75, 3.05) is 6.54 Å². The van der Waals surface area contributed by atoms with Crippen molar-refractivity contribution in [1.82, 2.24) is 4.98 Å². The zero-order valence-corrected chi connectivity index (χ0v) is 8.06. The molecule has 1 rings (SSSR count). The number of pyridine rings is 1. The number of carbonyl (C=O) groups is 1. The van der Waals surface area contributed by atoms with Crippen LogP contribution in [0.15, 0.2) is 12.3 Å². The van der Waals surface area contributed by atoms with Crippen molar-refractivity contribution in [2.24, 2.45) is 5.73 Å². The van der Waals surface area contributed by atoms with Crippen LogP contribution in [0, 0.1) is 0 Å². The second-order valence-electron chi connectivity index (χ2n) is 2.69. The lowest BCUT2D eigenvalue weighted by atomic mass is 10.1. The Hall–Kier alpha value is -1.14. The molecule has 2 N–H and O–H groups in total. The fourth-order valence-corrected chi connectivity index (χ4v) is 1.12. The molecule has 1 heterocycles. The van der Waals surface area contributed by atoms with E-state index in [1.54, 1.807) is 0 Å². The van der Waals surface area contributed by atoms with Crippen LogP contribution >= 0.6 is 11.6 Å². The molecule has 82 valence electrons. The summed E-state index contributed by atoms with van der Waals surface area (Å²) >= 11 is 5.47. The van der Waals surface area contributed by atoms with Crippen molar-refractivity contribution in [3.8, 4) is 0 Å². The van der Waals surface area contributed by atoms with E-state index in [9.17, 15) is 18.0 Å². The second-order valence-corrected chi connectivity index (χ2v) is 3.05. The van der Waals surface area contributed by atoms with E-state index in [1.165, 1.54) is 0 Å². The number of hydrogen-bond donors (Lipinski definition) is 1. The molecule has 0 radical (unpaired) electrons. The Labute approximate surface area is 88.0 Å². The van der Waals surface area contributed by atoms with E-state index in [0.717, 1.165) is 0 Å². The van der Waals surface area contributed by atoms with Crippen LogP contribution in [0.1, 0.15) is 15.9 Å². The Balaban J connectivity index is 3.23. The molecule has 0 aliphatic rings. The molecule has 0 aromatic carbocycles. The maximum Gasteiger partial charge on any atom is 0.417 e. The van der Waals surface area contributed by atoms with Gasteiger partial charge in [0.2, 0.25) is 0 Å². The number of nitrogens with two attached hydrogens (primary N) is 1. The summed E-state index contributed by atoms with van der Waals surface area (Å²) in [5.74, 6) is -0.682. The van der Waals surface area contributed by atoms with Gasteiger partial charge in [0.1, 0.15) is 5.15 Å². The fraction of sp³-hybridized carbons (Fsp3) is 0.250. The molecule has 1 aromatic rings. The van der Waals surface area contributed by atoms with E-state index in [-0.39, 0.29) is 10.7 Å². The third-order valence-corrected chi connectivity index (χ3v) is 1.95. The minimum Gasteiger partial charge on any atom is -0.324 e. The highest BCUT2D eigenvalue weighted by atomic mass is 35.5. The smallest absolute Gasteiger partial charge is 0.324 e. The van der Waals surface area contributed by atoms with Crippen LogP contribution in [0.3, 0.4) is 0 Å². The first kappa shape index (κ1) is 11.9. The first-order chi connectivity index (χ1) is 6.86. The average molecular weight is 239 g/mol. The summed E-state index contributed by atoms with van der Waals surface area (Å²) in [5, 5.41) is -0.279. The Bertz CT molecular complexity index is 392. The number of aromatic nitrogens is 1. The van der Waals surface area contributed by atoms with Crippen LogP contribution in [0.25, 0.3) is 0 Å². The molecule has 0 unspecified atom stereocenters. The largest absolute Gasteiger partial charge is 0.417 e. The normalized spacial score (nSPS) is 11.5. The SMILES string of the molecule is NCC(=O)c1cc(C(F)(F)F)cnc1Cl. The Kier molecular flexibility index (Phi) is 3.31. The lowest BCUT2D eigenvalue weighted by Crippen LogP contribution is -2.16. The van der Waals surface area contributed by atoms with Gasteiger partial charge in [0.25, 0.3) is 0 Å². The highest BCUT2D eigenvalue weighted by Gasteiger charge is 2.32. The molecular weight excluding hydrogens is 233 g/mol. The van der Waals surface area contributed by atoms with Gasteiger partial charge in [-0.2, -0.15) is 13.2 Å². The van der Waals surface area contributed by atoms with Crippen molar-refractivity contribution in [3.63, 3.8) is 0 Å². The van der Waals surface area contributed by atoms with Crippen molar-refractivity contribution < 1.29 is 18.0 Å². The summed E-state index contributed by atoms with van der Waals surface area (Å²) in [7, 11) is 0. The molecule has 0 fully saturated rings. The molecule has 0 saturated heterocycles. The van der Waals surface area contributed by atoms with Gasteiger partial charge in [-0.15, -0.1) is 0 Å². The van der Waals surface area contributed by atoms with Crippen molar-refractivity contribution >= 4 is 17.4 Å². The van der Waals surface area contributed by atoms with Crippen LogP contribution < -0.4 is 5.73 Å². The van der Waals surface area contributed by atoms with Gasteiger partial charge in [-0.25, -0.2) is 4.98 Å². The number of hydrogen-bond acceptors (Lipinski definition) is 3. The Morgan fingerprint density at radius 3 is 2.60 bits per heavy atom. The number of ketones is 1. The molecule has 0 aliphatic heterocycles. The minimum absolute atomic E-state index is 0.279. The van der Waals surface area contributed by atoms with E-state index in [4.69, 9.17) is 17.3 Å². The van der Waals surface area contributed by atoms with Crippen LogP contribution in [0.4, 0.5) is 13.2 Å². The van der Waals surface area contributed by atoms with Gasteiger partial charge in [-0.3, -0.25) is 4.79 Å². The van der Waals surface area contributed by atoms with Gasteiger partial charge in [0.15, 0.2) is 5.78 Å². The summed E-state index contributed by atoms with van der Waals surface area (Å²) in [6, 6.07) is 0.643. The molecule has 0 spiro atoms. The molecule has 0 amide bonds. The molecule has 0 bridgehead atoms. The number of carbonyl (C=O) groups excluding carboxylic acids is 1. The second kappa shape index (κ2) is 4.16. The zero-order chi connectivity index (χ0) is 11.6. The molecule has 15 heavy (non-hydrogen) atoms. The Morgan fingerprint density at radius 1 is 1.53 bits per heavy atom. The van der Waals surface area contributed by atoms with E-state index in [0.29, 0.717) is 12.3 Å². The predicted octanol–water partition coefficient (Wildman–Crippen LogP) is 1.90. The monoisotopic (exact) mass is 238 g/mol. The molecule has 1 aromatic heterocycles. The fourth-order valence-electron chi connectivity index (χ4n) is 0.909. The topological polar surface area (TPSA) is 56.0 Å². The van der Waals surface area contributed by atoms with Gasteiger partial charge in [0, 0.05) is 6.20 Å². The minimum atomic E-state index is -4.55. The van der Waals surface area contributed by atoms with Crippen LogP contribution in [0.5, 0.6) is 0 Å². The average Bonchev–Trinajstić information content (AvgIpc) is 2.15. The Morgan fingerprint density at radius 2 is 2.13 bits per heavy atom. The van der Waals surface area contributed by atoms with Crippen molar-refractivity contribution in [2.45, 2.75) is 6.18 Å². The van der Waals surface area contributed by atoms with Gasteiger partial charge >= 0.3 is 6.18 Å². The van der Waals surface area contributed by atoms with Crippen molar-refractivity contribution in [1.29, 1.82) is 0 Å². The number of rotatable bonds is 2. The van der Waals surface area contributed by atoms with E-state index in [2.05, 4.69) is 4.98 Å². The van der Waals surface area contributed by atoms with Crippen molar-refractivity contribution in [3.05, 3.63) is 28.5 Å². The van der Waals surface area contributed by atoms with Crippen LogP contribution in [-0.2, 0) is 6.18 Å². The van der Waals surface area contributed by atoms with Gasteiger partial charge < -0.3 is 5.73 Å². The van der Waals surface area contributed by atoms with E-state index in [1.807, 2.05) is 0 Å².